The van der Waals surface area contributed by atoms with E-state index >= 15 is 0 Å². The largest absolute Gasteiger partial charge is 0.507 e. The number of phenols is 1. The minimum absolute atomic E-state index is 0.0791. The van der Waals surface area contributed by atoms with Gasteiger partial charge in [-0.3, -0.25) is 4.79 Å². The van der Waals surface area contributed by atoms with Gasteiger partial charge in [0.05, 0.1) is 18.6 Å². The first-order valence-corrected chi connectivity index (χ1v) is 12.3. The van der Waals surface area contributed by atoms with Gasteiger partial charge in [0.25, 0.3) is 0 Å². The Hall–Kier alpha value is -4.87. The second-order valence-electron chi connectivity index (χ2n) is 9.15. The van der Waals surface area contributed by atoms with Crippen LogP contribution >= 0.6 is 0 Å². The summed E-state index contributed by atoms with van der Waals surface area (Å²) in [4.78, 5) is 13.8. The average molecular weight is 501 g/mol. The Balaban J connectivity index is 1.52. The highest BCUT2D eigenvalue weighted by Crippen LogP contribution is 2.45. The van der Waals surface area contributed by atoms with Crippen molar-refractivity contribution in [1.29, 1.82) is 0 Å². The van der Waals surface area contributed by atoms with Gasteiger partial charge in [0.2, 0.25) is 0 Å². The lowest BCUT2D eigenvalue weighted by atomic mass is 9.90. The molecule has 0 aliphatic heterocycles. The van der Waals surface area contributed by atoms with E-state index in [0.29, 0.717) is 28.0 Å². The van der Waals surface area contributed by atoms with Crippen molar-refractivity contribution in [2.75, 3.05) is 0 Å². The summed E-state index contributed by atoms with van der Waals surface area (Å²) in [5.74, 6) is -1.26. The summed E-state index contributed by atoms with van der Waals surface area (Å²) in [6, 6.07) is 33.3. The zero-order chi connectivity index (χ0) is 26.1. The third kappa shape index (κ3) is 4.19. The molecule has 0 amide bonds. The van der Waals surface area contributed by atoms with E-state index in [4.69, 9.17) is 9.15 Å². The number of rotatable bonds is 6. The number of aliphatic hydroxyl groups is 1. The normalized spacial score (nSPS) is 12.9. The molecule has 6 rings (SSSR count). The molecule has 5 nitrogen and oxygen atoms in total. The number of benzene rings is 5. The predicted octanol–water partition coefficient (Wildman–Crippen LogP) is 7.38. The maximum absolute atomic E-state index is 13.8. The highest BCUT2D eigenvalue weighted by atomic mass is 16.5. The Morgan fingerprint density at radius 2 is 1.32 bits per heavy atom. The van der Waals surface area contributed by atoms with Gasteiger partial charge in [0.15, 0.2) is 0 Å². The fraction of sp³-hybridized carbons (Fsp3) is 0.0606. The molecule has 0 unspecified atom stereocenters. The van der Waals surface area contributed by atoms with Crippen molar-refractivity contribution in [1.82, 2.24) is 0 Å². The zero-order valence-electron chi connectivity index (χ0n) is 20.3. The molecule has 5 aromatic carbocycles. The zero-order valence-corrected chi connectivity index (χ0v) is 20.3. The van der Waals surface area contributed by atoms with Gasteiger partial charge in [0.1, 0.15) is 17.4 Å². The van der Waals surface area contributed by atoms with Gasteiger partial charge in [0, 0.05) is 16.7 Å². The summed E-state index contributed by atoms with van der Waals surface area (Å²) in [6.45, 7) is 0. The van der Waals surface area contributed by atoms with E-state index in [2.05, 4.69) is 0 Å². The van der Waals surface area contributed by atoms with Gasteiger partial charge in [-0.25, -0.2) is 0 Å². The molecule has 0 bridgehead atoms. The molecule has 0 aliphatic carbocycles. The third-order valence-corrected chi connectivity index (χ3v) is 6.87. The fourth-order valence-electron chi connectivity index (χ4n) is 5.03. The van der Waals surface area contributed by atoms with Gasteiger partial charge >= 0.3 is 5.97 Å². The summed E-state index contributed by atoms with van der Waals surface area (Å²) in [5, 5.41) is 25.9. The van der Waals surface area contributed by atoms with Crippen molar-refractivity contribution >= 4 is 27.5 Å². The van der Waals surface area contributed by atoms with E-state index in [-0.39, 0.29) is 5.75 Å². The van der Waals surface area contributed by atoms with Crippen molar-refractivity contribution in [3.63, 3.8) is 0 Å². The standard InChI is InChI=1S/C33H24O5/c34-27-16-14-21-8-4-6-12-25(21)30(27)31-26-13-7-5-9-22(26)15-17-28(31)38-33(36)29(23-10-2-1-3-11-23)32(35)24-18-19-37-20-24/h1-20,29,32,34-35H/t29-,32-/m0/s1. The number of esters is 1. The first-order chi connectivity index (χ1) is 18.6. The number of hydrogen-bond acceptors (Lipinski definition) is 5. The van der Waals surface area contributed by atoms with Gasteiger partial charge in [-0.05, 0) is 45.3 Å². The predicted molar refractivity (Wildman–Crippen MR) is 147 cm³/mol. The number of fused-ring (bicyclic) bond motifs is 2. The number of aromatic hydroxyl groups is 1. The van der Waals surface area contributed by atoms with Gasteiger partial charge in [-0.2, -0.15) is 0 Å². The maximum Gasteiger partial charge on any atom is 0.321 e. The van der Waals surface area contributed by atoms with Crippen LogP contribution in [0.1, 0.15) is 23.1 Å². The molecule has 0 aliphatic rings. The van der Waals surface area contributed by atoms with Crippen molar-refractivity contribution in [3.8, 4) is 22.6 Å². The molecule has 0 spiro atoms. The van der Waals surface area contributed by atoms with E-state index in [1.165, 1.54) is 12.5 Å². The van der Waals surface area contributed by atoms with E-state index in [1.807, 2.05) is 78.9 Å². The first kappa shape index (κ1) is 23.5. The number of carbonyl (C=O) groups excluding carboxylic acids is 1. The second kappa shape index (κ2) is 9.88. The lowest BCUT2D eigenvalue weighted by Gasteiger charge is -2.23. The molecule has 186 valence electrons. The fourth-order valence-corrected chi connectivity index (χ4v) is 5.03. The Kier molecular flexibility index (Phi) is 6.12. The molecule has 1 heterocycles. The van der Waals surface area contributed by atoms with Gasteiger partial charge in [-0.15, -0.1) is 0 Å². The van der Waals surface area contributed by atoms with Crippen LogP contribution in [-0.2, 0) is 4.79 Å². The van der Waals surface area contributed by atoms with Crippen LogP contribution in [0.4, 0.5) is 0 Å². The van der Waals surface area contributed by atoms with E-state index in [9.17, 15) is 15.0 Å². The van der Waals surface area contributed by atoms with Crippen LogP contribution in [0.25, 0.3) is 32.7 Å². The average Bonchev–Trinajstić information content (AvgIpc) is 3.49. The van der Waals surface area contributed by atoms with Crippen molar-refractivity contribution in [2.24, 2.45) is 0 Å². The summed E-state index contributed by atoms with van der Waals surface area (Å²) >= 11 is 0. The number of aliphatic hydroxyl groups excluding tert-OH is 1. The molecule has 0 saturated heterocycles. The minimum Gasteiger partial charge on any atom is -0.507 e. The van der Waals surface area contributed by atoms with Crippen molar-refractivity contribution < 1.29 is 24.2 Å². The van der Waals surface area contributed by atoms with Crippen LogP contribution in [0.5, 0.6) is 11.5 Å². The highest BCUT2D eigenvalue weighted by Gasteiger charge is 2.33. The number of carbonyl (C=O) groups is 1. The van der Waals surface area contributed by atoms with Crippen molar-refractivity contribution in [3.05, 3.63) is 133 Å². The lowest BCUT2D eigenvalue weighted by Crippen LogP contribution is -2.25. The smallest absolute Gasteiger partial charge is 0.321 e. The number of ether oxygens (including phenoxy) is 1. The molecule has 6 aromatic rings. The van der Waals surface area contributed by atoms with Crippen LogP contribution in [0.15, 0.2) is 126 Å². The summed E-state index contributed by atoms with van der Waals surface area (Å²) in [5.41, 5.74) is 2.27. The molecule has 2 atom stereocenters. The Morgan fingerprint density at radius 3 is 2.00 bits per heavy atom. The second-order valence-corrected chi connectivity index (χ2v) is 9.15. The minimum atomic E-state index is -1.18. The molecule has 1 aromatic heterocycles. The van der Waals surface area contributed by atoms with Crippen LogP contribution in [-0.4, -0.2) is 16.2 Å². The molecule has 2 N–H and O–H groups in total. The van der Waals surface area contributed by atoms with Crippen LogP contribution in [0, 0.1) is 0 Å². The Labute approximate surface area is 219 Å². The van der Waals surface area contributed by atoms with Crippen LogP contribution < -0.4 is 4.74 Å². The van der Waals surface area contributed by atoms with Crippen LogP contribution in [0.2, 0.25) is 0 Å². The highest BCUT2D eigenvalue weighted by molar-refractivity contribution is 6.10. The number of hydrogen-bond donors (Lipinski definition) is 2. The maximum atomic E-state index is 13.8. The lowest BCUT2D eigenvalue weighted by molar-refractivity contribution is -0.139. The topological polar surface area (TPSA) is 79.9 Å². The number of furan rings is 1. The molecule has 38 heavy (non-hydrogen) atoms. The van der Waals surface area contributed by atoms with Crippen molar-refractivity contribution in [2.45, 2.75) is 12.0 Å². The molecular formula is C33H24O5. The molecule has 0 fully saturated rings. The molecule has 0 saturated carbocycles. The van der Waals surface area contributed by atoms with Gasteiger partial charge in [-0.1, -0.05) is 91.0 Å². The third-order valence-electron chi connectivity index (χ3n) is 6.87. The van der Waals surface area contributed by atoms with Crippen LogP contribution in [0.3, 0.4) is 0 Å². The summed E-state index contributed by atoms with van der Waals surface area (Å²) < 4.78 is 11.3. The quantitative estimate of drug-likeness (QED) is 0.184. The number of phenolic OH excluding ortho intramolecular Hbond substituents is 1. The Bertz CT molecular complexity index is 1740. The Morgan fingerprint density at radius 1 is 0.684 bits per heavy atom. The molecule has 0 radical (unpaired) electrons. The van der Waals surface area contributed by atoms with E-state index in [1.54, 1.807) is 30.3 Å². The van der Waals surface area contributed by atoms with E-state index in [0.717, 1.165) is 21.5 Å². The summed E-state index contributed by atoms with van der Waals surface area (Å²) in [7, 11) is 0. The van der Waals surface area contributed by atoms with Gasteiger partial charge < -0.3 is 19.4 Å². The monoisotopic (exact) mass is 500 g/mol. The molecule has 5 heteroatoms. The molecular weight excluding hydrogens is 476 g/mol. The first-order valence-electron chi connectivity index (χ1n) is 12.3. The van der Waals surface area contributed by atoms with E-state index < -0.39 is 18.0 Å². The summed E-state index contributed by atoms with van der Waals surface area (Å²) in [6.07, 6.45) is 1.69. The SMILES string of the molecule is O=C(Oc1ccc2ccccc2c1-c1c(O)ccc2ccccc12)[C@@H](c1ccccc1)[C@@H](O)c1ccoc1.